The number of aliphatic hydroxyl groups is 1. The van der Waals surface area contributed by atoms with Crippen LogP contribution in [-0.4, -0.2) is 14.7 Å². The molecule has 0 spiro atoms. The fourth-order valence-electron chi connectivity index (χ4n) is 1.34. The number of imidazole rings is 1. The van der Waals surface area contributed by atoms with Gasteiger partial charge in [-0.1, -0.05) is 0 Å². The first-order valence-corrected chi connectivity index (χ1v) is 5.32. The molecule has 0 aliphatic carbocycles. The van der Waals surface area contributed by atoms with Crippen LogP contribution in [0.3, 0.4) is 0 Å². The minimum atomic E-state index is 0.0461. The lowest BCUT2D eigenvalue weighted by Crippen LogP contribution is -2.02. The Hall–Kier alpha value is -1.13. The summed E-state index contributed by atoms with van der Waals surface area (Å²) in [5.41, 5.74) is 2.16. The summed E-state index contributed by atoms with van der Waals surface area (Å²) in [7, 11) is 0. The lowest BCUT2D eigenvalue weighted by molar-refractivity contribution is 0.271. The van der Waals surface area contributed by atoms with Crippen molar-refractivity contribution in [3.63, 3.8) is 0 Å². The number of hydrogen-bond donors (Lipinski definition) is 1. The van der Waals surface area contributed by atoms with Crippen molar-refractivity contribution in [1.29, 1.82) is 0 Å². The first-order chi connectivity index (χ1) is 6.81. The SMILES string of the molecule is Cc1ccsc1Cn1cncc1CO. The van der Waals surface area contributed by atoms with Crippen LogP contribution in [0.25, 0.3) is 0 Å². The molecule has 14 heavy (non-hydrogen) atoms. The Morgan fingerprint density at radius 3 is 3.07 bits per heavy atom. The minimum Gasteiger partial charge on any atom is -0.390 e. The van der Waals surface area contributed by atoms with Gasteiger partial charge < -0.3 is 9.67 Å². The molecule has 0 radical (unpaired) electrons. The number of aromatic nitrogens is 2. The van der Waals surface area contributed by atoms with E-state index in [9.17, 15) is 0 Å². The zero-order valence-electron chi connectivity index (χ0n) is 7.97. The van der Waals surface area contributed by atoms with Gasteiger partial charge in [-0.05, 0) is 23.9 Å². The fourth-order valence-corrected chi connectivity index (χ4v) is 2.25. The van der Waals surface area contributed by atoms with Crippen LogP contribution in [0.5, 0.6) is 0 Å². The fraction of sp³-hybridized carbons (Fsp3) is 0.300. The van der Waals surface area contributed by atoms with Crippen molar-refractivity contribution in [1.82, 2.24) is 9.55 Å². The van der Waals surface area contributed by atoms with Crippen LogP contribution < -0.4 is 0 Å². The van der Waals surface area contributed by atoms with Crippen LogP contribution >= 0.6 is 11.3 Å². The van der Waals surface area contributed by atoms with Gasteiger partial charge in [-0.3, -0.25) is 0 Å². The lowest BCUT2D eigenvalue weighted by Gasteiger charge is -2.04. The van der Waals surface area contributed by atoms with Crippen LogP contribution in [0, 0.1) is 6.92 Å². The Bertz CT molecular complexity index is 419. The zero-order chi connectivity index (χ0) is 9.97. The minimum absolute atomic E-state index is 0.0461. The maximum atomic E-state index is 9.05. The molecule has 0 aromatic carbocycles. The molecule has 2 aromatic rings. The normalized spacial score (nSPS) is 10.7. The average Bonchev–Trinajstić information content (AvgIpc) is 2.77. The van der Waals surface area contributed by atoms with Crippen molar-refractivity contribution in [3.8, 4) is 0 Å². The van der Waals surface area contributed by atoms with E-state index in [2.05, 4.69) is 23.4 Å². The van der Waals surface area contributed by atoms with Crippen LogP contribution in [0.1, 0.15) is 16.1 Å². The average molecular weight is 208 g/mol. The Balaban J connectivity index is 2.22. The predicted molar refractivity (Wildman–Crippen MR) is 56.3 cm³/mol. The third-order valence-electron chi connectivity index (χ3n) is 2.24. The highest BCUT2D eigenvalue weighted by molar-refractivity contribution is 7.10. The number of aryl methyl sites for hydroxylation is 1. The summed E-state index contributed by atoms with van der Waals surface area (Å²) in [6.45, 7) is 2.95. The number of rotatable bonds is 3. The van der Waals surface area contributed by atoms with Crippen molar-refractivity contribution in [2.45, 2.75) is 20.1 Å². The van der Waals surface area contributed by atoms with Gasteiger partial charge in [-0.15, -0.1) is 11.3 Å². The number of aliphatic hydroxyl groups excluding tert-OH is 1. The molecule has 0 aliphatic heterocycles. The quantitative estimate of drug-likeness (QED) is 0.835. The van der Waals surface area contributed by atoms with E-state index < -0.39 is 0 Å². The van der Waals surface area contributed by atoms with Crippen molar-refractivity contribution < 1.29 is 5.11 Å². The largest absolute Gasteiger partial charge is 0.390 e. The third kappa shape index (κ3) is 1.71. The maximum absolute atomic E-state index is 9.05. The third-order valence-corrected chi connectivity index (χ3v) is 3.25. The highest BCUT2D eigenvalue weighted by Crippen LogP contribution is 2.17. The first-order valence-electron chi connectivity index (χ1n) is 4.44. The van der Waals surface area contributed by atoms with E-state index in [0.29, 0.717) is 0 Å². The van der Waals surface area contributed by atoms with Crippen molar-refractivity contribution in [2.75, 3.05) is 0 Å². The molecule has 0 atom stereocenters. The van der Waals surface area contributed by atoms with E-state index in [4.69, 9.17) is 5.11 Å². The molecule has 0 fully saturated rings. The molecular formula is C10H12N2OS. The second-order valence-electron chi connectivity index (χ2n) is 3.20. The highest BCUT2D eigenvalue weighted by atomic mass is 32.1. The van der Waals surface area contributed by atoms with Crippen LogP contribution in [0.2, 0.25) is 0 Å². The van der Waals surface area contributed by atoms with E-state index in [1.807, 2.05) is 4.57 Å². The lowest BCUT2D eigenvalue weighted by atomic mass is 10.3. The summed E-state index contributed by atoms with van der Waals surface area (Å²) in [5.74, 6) is 0. The highest BCUT2D eigenvalue weighted by Gasteiger charge is 2.04. The van der Waals surface area contributed by atoms with Gasteiger partial charge in [-0.25, -0.2) is 4.98 Å². The summed E-state index contributed by atoms with van der Waals surface area (Å²) in [5, 5.41) is 11.1. The summed E-state index contributed by atoms with van der Waals surface area (Å²) in [6.07, 6.45) is 3.45. The molecule has 2 aromatic heterocycles. The van der Waals surface area contributed by atoms with E-state index in [1.165, 1.54) is 10.4 Å². The van der Waals surface area contributed by atoms with Gasteiger partial charge in [0.05, 0.1) is 31.4 Å². The molecule has 2 rings (SSSR count). The van der Waals surface area contributed by atoms with E-state index in [0.717, 1.165) is 12.2 Å². The summed E-state index contributed by atoms with van der Waals surface area (Å²) < 4.78 is 1.97. The van der Waals surface area contributed by atoms with Gasteiger partial charge in [0.1, 0.15) is 0 Å². The van der Waals surface area contributed by atoms with E-state index in [-0.39, 0.29) is 6.61 Å². The molecule has 74 valence electrons. The maximum Gasteiger partial charge on any atom is 0.0952 e. The molecule has 1 N–H and O–H groups in total. The van der Waals surface area contributed by atoms with Crippen LogP contribution in [-0.2, 0) is 13.2 Å². The monoisotopic (exact) mass is 208 g/mol. The Morgan fingerprint density at radius 2 is 2.43 bits per heavy atom. The Labute approximate surface area is 86.7 Å². The van der Waals surface area contributed by atoms with Gasteiger partial charge in [-0.2, -0.15) is 0 Å². The molecular weight excluding hydrogens is 196 g/mol. The Morgan fingerprint density at radius 1 is 1.57 bits per heavy atom. The van der Waals surface area contributed by atoms with Gasteiger partial charge in [0.25, 0.3) is 0 Å². The van der Waals surface area contributed by atoms with Crippen LogP contribution in [0.15, 0.2) is 24.0 Å². The van der Waals surface area contributed by atoms with Gasteiger partial charge in [0.2, 0.25) is 0 Å². The number of nitrogens with zero attached hydrogens (tertiary/aromatic N) is 2. The molecule has 3 nitrogen and oxygen atoms in total. The number of thiophene rings is 1. The van der Waals surface area contributed by atoms with Crippen molar-refractivity contribution in [3.05, 3.63) is 40.1 Å². The number of hydrogen-bond acceptors (Lipinski definition) is 3. The molecule has 0 bridgehead atoms. The molecule has 0 saturated heterocycles. The molecule has 4 heteroatoms. The van der Waals surface area contributed by atoms with Gasteiger partial charge in [0.15, 0.2) is 0 Å². The summed E-state index contributed by atoms with van der Waals surface area (Å²) >= 11 is 1.74. The predicted octanol–water partition coefficient (Wildman–Crippen LogP) is 1.79. The molecule has 0 unspecified atom stereocenters. The van der Waals surface area contributed by atoms with Crippen LogP contribution in [0.4, 0.5) is 0 Å². The first kappa shape index (κ1) is 9.43. The smallest absolute Gasteiger partial charge is 0.0952 e. The Kier molecular flexibility index (Phi) is 2.65. The molecule has 2 heterocycles. The van der Waals surface area contributed by atoms with Crippen molar-refractivity contribution in [2.24, 2.45) is 0 Å². The van der Waals surface area contributed by atoms with E-state index in [1.54, 1.807) is 23.9 Å². The van der Waals surface area contributed by atoms with Gasteiger partial charge in [0, 0.05) is 4.88 Å². The van der Waals surface area contributed by atoms with E-state index >= 15 is 0 Å². The standard InChI is InChI=1S/C10H12N2OS/c1-8-2-3-14-10(8)5-12-7-11-4-9(12)6-13/h2-4,7,13H,5-6H2,1H3. The van der Waals surface area contributed by atoms with Crippen molar-refractivity contribution >= 4 is 11.3 Å². The zero-order valence-corrected chi connectivity index (χ0v) is 8.79. The molecule has 0 saturated carbocycles. The molecule has 0 aliphatic rings. The van der Waals surface area contributed by atoms with Gasteiger partial charge >= 0.3 is 0 Å². The summed E-state index contributed by atoms with van der Waals surface area (Å²) in [6, 6.07) is 2.11. The second kappa shape index (κ2) is 3.94. The topological polar surface area (TPSA) is 38.0 Å². The summed E-state index contributed by atoms with van der Waals surface area (Å²) in [4.78, 5) is 5.33. The second-order valence-corrected chi connectivity index (χ2v) is 4.20. The molecule has 0 amide bonds.